The zero-order valence-electron chi connectivity index (χ0n) is 9.92. The van der Waals surface area contributed by atoms with E-state index < -0.39 is 0 Å². The van der Waals surface area contributed by atoms with Crippen molar-refractivity contribution in [2.75, 3.05) is 11.9 Å². The van der Waals surface area contributed by atoms with E-state index in [-0.39, 0.29) is 11.2 Å². The van der Waals surface area contributed by atoms with Gasteiger partial charge in [0.15, 0.2) is 0 Å². The zero-order valence-corrected chi connectivity index (χ0v) is 12.1. The average Bonchev–Trinajstić information content (AvgIpc) is 2.23. The first-order valence-electron chi connectivity index (χ1n) is 5.62. The van der Waals surface area contributed by atoms with Crippen molar-refractivity contribution in [3.8, 4) is 0 Å². The van der Waals surface area contributed by atoms with Crippen LogP contribution in [0.2, 0.25) is 0 Å². The fraction of sp³-hybridized carbons (Fsp3) is 0.636. The van der Waals surface area contributed by atoms with Crippen LogP contribution in [0, 0.1) is 3.57 Å². The minimum atomic E-state index is -0.109. The van der Waals surface area contributed by atoms with Crippen LogP contribution in [-0.4, -0.2) is 28.2 Å². The summed E-state index contributed by atoms with van der Waals surface area (Å²) in [6.45, 7) is 4.90. The Kier molecular flexibility index (Phi) is 3.72. The molecule has 2 N–H and O–H groups in total. The highest BCUT2D eigenvalue weighted by Gasteiger charge is 2.29. The summed E-state index contributed by atoms with van der Waals surface area (Å²) in [5.41, 5.74) is -0.211. The molecule has 1 aromatic heterocycles. The van der Waals surface area contributed by atoms with Crippen LogP contribution in [0.3, 0.4) is 0 Å². The summed E-state index contributed by atoms with van der Waals surface area (Å²) < 4.78 is 6.26. The van der Waals surface area contributed by atoms with Crippen LogP contribution < -0.4 is 10.9 Å². The third-order valence-electron chi connectivity index (χ3n) is 2.83. The molecule has 6 heteroatoms. The summed E-state index contributed by atoms with van der Waals surface area (Å²) >= 11 is 2.01. The molecule has 0 saturated carbocycles. The van der Waals surface area contributed by atoms with Crippen LogP contribution in [-0.2, 0) is 4.74 Å². The van der Waals surface area contributed by atoms with Crippen LogP contribution in [0.15, 0.2) is 11.1 Å². The SMILES string of the molecule is CC1(C)CC(Nc2nc[nH]c(=O)c2I)CCO1. The van der Waals surface area contributed by atoms with Gasteiger partial charge < -0.3 is 15.0 Å². The third-order valence-corrected chi connectivity index (χ3v) is 3.84. The summed E-state index contributed by atoms with van der Waals surface area (Å²) in [5.74, 6) is 0.664. The molecule has 1 saturated heterocycles. The number of nitrogens with one attached hydrogen (secondary N) is 2. The summed E-state index contributed by atoms with van der Waals surface area (Å²) in [6, 6.07) is 0.307. The minimum absolute atomic E-state index is 0.102. The number of nitrogens with zero attached hydrogens (tertiary/aromatic N) is 1. The summed E-state index contributed by atoms with van der Waals surface area (Å²) in [6.07, 6.45) is 3.28. The highest BCUT2D eigenvalue weighted by Crippen LogP contribution is 2.26. The second-order valence-electron chi connectivity index (χ2n) is 4.84. The summed E-state index contributed by atoms with van der Waals surface area (Å²) in [4.78, 5) is 18.2. The standard InChI is InChI=1S/C11H16IN3O2/c1-11(2)5-7(3-4-17-11)15-9-8(12)10(16)14-6-13-9/h6-7H,3-5H2,1-2H3,(H2,13,14,15,16). The number of rotatable bonds is 2. The van der Waals surface area contributed by atoms with E-state index in [2.05, 4.69) is 29.1 Å². The number of ether oxygens (including phenoxy) is 1. The lowest BCUT2D eigenvalue weighted by atomic mass is 9.94. The van der Waals surface area contributed by atoms with Gasteiger partial charge in [-0.15, -0.1) is 0 Å². The Labute approximate surface area is 114 Å². The van der Waals surface area contributed by atoms with Crippen LogP contribution in [0.5, 0.6) is 0 Å². The topological polar surface area (TPSA) is 67.0 Å². The quantitative estimate of drug-likeness (QED) is 0.799. The first kappa shape index (κ1) is 12.8. The summed E-state index contributed by atoms with van der Waals surface area (Å²) in [7, 11) is 0. The van der Waals surface area contributed by atoms with E-state index in [1.54, 1.807) is 0 Å². The molecule has 1 unspecified atom stereocenters. The first-order chi connectivity index (χ1) is 7.98. The molecule has 1 aliphatic rings. The van der Waals surface area contributed by atoms with Gasteiger partial charge in [-0.25, -0.2) is 4.98 Å². The van der Waals surface area contributed by atoms with Gasteiger partial charge >= 0.3 is 0 Å². The molecule has 2 heterocycles. The number of H-pyrrole nitrogens is 1. The van der Waals surface area contributed by atoms with Crippen molar-refractivity contribution < 1.29 is 4.74 Å². The van der Waals surface area contributed by atoms with E-state index in [9.17, 15) is 4.79 Å². The van der Waals surface area contributed by atoms with E-state index in [1.165, 1.54) is 6.33 Å². The van der Waals surface area contributed by atoms with Crippen molar-refractivity contribution in [2.24, 2.45) is 0 Å². The fourth-order valence-electron chi connectivity index (χ4n) is 2.03. The van der Waals surface area contributed by atoms with Crippen LogP contribution in [0.4, 0.5) is 5.82 Å². The Balaban J connectivity index is 2.11. The van der Waals surface area contributed by atoms with E-state index in [0.29, 0.717) is 15.4 Å². The maximum absolute atomic E-state index is 11.4. The largest absolute Gasteiger partial charge is 0.375 e. The Morgan fingerprint density at radius 1 is 1.65 bits per heavy atom. The molecule has 0 radical (unpaired) electrons. The molecule has 2 rings (SSSR count). The molecule has 0 aromatic carbocycles. The highest BCUT2D eigenvalue weighted by atomic mass is 127. The number of aromatic amines is 1. The monoisotopic (exact) mass is 349 g/mol. The van der Waals surface area contributed by atoms with Crippen molar-refractivity contribution in [3.63, 3.8) is 0 Å². The molecule has 0 bridgehead atoms. The molecule has 0 aliphatic carbocycles. The van der Waals surface area contributed by atoms with E-state index >= 15 is 0 Å². The predicted molar refractivity (Wildman–Crippen MR) is 74.3 cm³/mol. The maximum atomic E-state index is 11.4. The minimum Gasteiger partial charge on any atom is -0.375 e. The van der Waals surface area contributed by atoms with Gasteiger partial charge in [0.1, 0.15) is 9.39 Å². The van der Waals surface area contributed by atoms with Gasteiger partial charge in [-0.1, -0.05) is 0 Å². The number of aromatic nitrogens is 2. The van der Waals surface area contributed by atoms with Gasteiger partial charge in [-0.3, -0.25) is 4.79 Å². The van der Waals surface area contributed by atoms with Gasteiger partial charge in [-0.05, 0) is 49.3 Å². The molecule has 94 valence electrons. The second-order valence-corrected chi connectivity index (χ2v) is 5.92. The smallest absolute Gasteiger partial charge is 0.266 e. The van der Waals surface area contributed by atoms with Gasteiger partial charge in [0.05, 0.1) is 11.9 Å². The number of halogens is 1. The van der Waals surface area contributed by atoms with Gasteiger partial charge in [0.2, 0.25) is 0 Å². The van der Waals surface area contributed by atoms with Crippen molar-refractivity contribution in [1.82, 2.24) is 9.97 Å². The van der Waals surface area contributed by atoms with E-state index in [1.807, 2.05) is 22.6 Å². The van der Waals surface area contributed by atoms with Crippen molar-refractivity contribution in [3.05, 3.63) is 20.3 Å². The predicted octanol–water partition coefficient (Wildman–Crippen LogP) is 1.74. The van der Waals surface area contributed by atoms with Crippen molar-refractivity contribution in [1.29, 1.82) is 0 Å². The first-order valence-corrected chi connectivity index (χ1v) is 6.69. The van der Waals surface area contributed by atoms with Crippen molar-refractivity contribution in [2.45, 2.75) is 38.3 Å². The Morgan fingerprint density at radius 3 is 3.12 bits per heavy atom. The lowest BCUT2D eigenvalue weighted by molar-refractivity contribution is -0.0553. The summed E-state index contributed by atoms with van der Waals surface area (Å²) in [5, 5.41) is 3.33. The lowest BCUT2D eigenvalue weighted by Crippen LogP contribution is -2.40. The molecule has 1 atom stereocenters. The van der Waals surface area contributed by atoms with E-state index in [4.69, 9.17) is 4.74 Å². The lowest BCUT2D eigenvalue weighted by Gasteiger charge is -2.36. The molecule has 1 aliphatic heterocycles. The average molecular weight is 349 g/mol. The number of hydrogen-bond donors (Lipinski definition) is 2. The van der Waals surface area contributed by atoms with Crippen molar-refractivity contribution >= 4 is 28.4 Å². The van der Waals surface area contributed by atoms with Gasteiger partial charge in [0.25, 0.3) is 5.56 Å². The molecular weight excluding hydrogens is 333 g/mol. The van der Waals surface area contributed by atoms with Crippen LogP contribution >= 0.6 is 22.6 Å². The maximum Gasteiger partial charge on any atom is 0.266 e. The number of anilines is 1. The second kappa shape index (κ2) is 4.93. The number of hydrogen-bond acceptors (Lipinski definition) is 4. The van der Waals surface area contributed by atoms with Gasteiger partial charge in [-0.2, -0.15) is 0 Å². The molecule has 1 fully saturated rings. The van der Waals surface area contributed by atoms with E-state index in [0.717, 1.165) is 19.4 Å². The Morgan fingerprint density at radius 2 is 2.41 bits per heavy atom. The normalized spacial score (nSPS) is 23.4. The highest BCUT2D eigenvalue weighted by molar-refractivity contribution is 14.1. The van der Waals surface area contributed by atoms with Gasteiger partial charge in [0, 0.05) is 12.6 Å². The molecular formula is C11H16IN3O2. The molecule has 17 heavy (non-hydrogen) atoms. The fourth-order valence-corrected chi connectivity index (χ4v) is 2.48. The van der Waals surface area contributed by atoms with Crippen LogP contribution in [0.1, 0.15) is 26.7 Å². The molecule has 5 nitrogen and oxygen atoms in total. The molecule has 1 aromatic rings. The third kappa shape index (κ3) is 3.19. The zero-order chi connectivity index (χ0) is 12.5. The Hall–Kier alpha value is -0.630. The molecule has 0 spiro atoms. The van der Waals surface area contributed by atoms with Crippen LogP contribution in [0.25, 0.3) is 0 Å². The Bertz CT molecular complexity index is 458. The molecule has 0 amide bonds.